The molecule has 0 radical (unpaired) electrons. The molecule has 1 atom stereocenters. The Hall–Kier alpha value is -1.80. The molecule has 1 aromatic carbocycles. The molecule has 0 aliphatic rings. The summed E-state index contributed by atoms with van der Waals surface area (Å²) >= 11 is 0.934. The van der Waals surface area contributed by atoms with Crippen LogP contribution in [0.3, 0.4) is 0 Å². The van der Waals surface area contributed by atoms with E-state index in [1.54, 1.807) is 31.2 Å². The molecule has 0 aliphatic heterocycles. The van der Waals surface area contributed by atoms with Crippen molar-refractivity contribution < 1.29 is 9.59 Å². The Morgan fingerprint density at radius 1 is 1.39 bits per heavy atom. The van der Waals surface area contributed by atoms with Crippen molar-refractivity contribution in [2.24, 2.45) is 5.73 Å². The maximum atomic E-state index is 12.0. The van der Waals surface area contributed by atoms with Gasteiger partial charge in [0.25, 0.3) is 0 Å². The van der Waals surface area contributed by atoms with Crippen LogP contribution >= 0.6 is 11.8 Å². The van der Waals surface area contributed by atoms with Crippen LogP contribution in [0.25, 0.3) is 0 Å². The molecular weight excluding hydrogens is 248 g/mol. The largest absolute Gasteiger partial charge is 0.370 e. The summed E-state index contributed by atoms with van der Waals surface area (Å²) in [6, 6.07) is 10.8. The number of rotatable bonds is 5. The van der Waals surface area contributed by atoms with Gasteiger partial charge in [0.1, 0.15) is 4.75 Å². The number of primary amides is 1. The summed E-state index contributed by atoms with van der Waals surface area (Å²) in [5.74, 6) is -0.468. The van der Waals surface area contributed by atoms with E-state index in [1.165, 1.54) is 0 Å². The third-order valence-electron chi connectivity index (χ3n) is 2.41. The molecule has 0 heterocycles. The van der Waals surface area contributed by atoms with E-state index in [0.29, 0.717) is 5.56 Å². The monoisotopic (exact) mass is 262 g/mol. The molecule has 1 rings (SSSR count). The van der Waals surface area contributed by atoms with Gasteiger partial charge in [0, 0.05) is 12.0 Å². The van der Waals surface area contributed by atoms with Crippen molar-refractivity contribution in [1.29, 1.82) is 5.26 Å². The lowest BCUT2D eigenvalue weighted by Crippen LogP contribution is -2.23. The van der Waals surface area contributed by atoms with Crippen LogP contribution in [0.2, 0.25) is 0 Å². The summed E-state index contributed by atoms with van der Waals surface area (Å²) in [4.78, 5) is 22.7. The summed E-state index contributed by atoms with van der Waals surface area (Å²) < 4.78 is -0.929. The lowest BCUT2D eigenvalue weighted by atomic mass is 10.1. The number of carbonyl (C=O) groups excluding carboxylic acids is 2. The number of nitriles is 1. The number of hydrogen-bond acceptors (Lipinski definition) is 4. The van der Waals surface area contributed by atoms with Gasteiger partial charge in [-0.1, -0.05) is 42.1 Å². The van der Waals surface area contributed by atoms with Gasteiger partial charge >= 0.3 is 0 Å². The quantitative estimate of drug-likeness (QED) is 0.880. The summed E-state index contributed by atoms with van der Waals surface area (Å²) in [5, 5.41) is 8.94. The highest BCUT2D eigenvalue weighted by Gasteiger charge is 2.29. The highest BCUT2D eigenvalue weighted by Crippen LogP contribution is 2.32. The van der Waals surface area contributed by atoms with Crippen molar-refractivity contribution in [3.63, 3.8) is 0 Å². The second-order valence-electron chi connectivity index (χ2n) is 4.06. The number of amides is 1. The predicted octanol–water partition coefficient (Wildman–Crippen LogP) is 2.11. The highest BCUT2D eigenvalue weighted by atomic mass is 32.2. The van der Waals surface area contributed by atoms with Gasteiger partial charge in [0.2, 0.25) is 11.0 Å². The average Bonchev–Trinajstić information content (AvgIpc) is 2.37. The van der Waals surface area contributed by atoms with Crippen LogP contribution in [-0.2, 0) is 4.79 Å². The Morgan fingerprint density at radius 2 is 2.00 bits per heavy atom. The second-order valence-corrected chi connectivity index (χ2v) is 5.54. The molecule has 1 unspecified atom stereocenters. The van der Waals surface area contributed by atoms with E-state index >= 15 is 0 Å². The van der Waals surface area contributed by atoms with Crippen LogP contribution < -0.4 is 5.73 Å². The predicted molar refractivity (Wildman–Crippen MR) is 70.8 cm³/mol. The van der Waals surface area contributed by atoms with Crippen molar-refractivity contribution in [3.8, 4) is 6.07 Å². The van der Waals surface area contributed by atoms with Crippen LogP contribution in [0.15, 0.2) is 30.3 Å². The number of thioether (sulfide) groups is 1. The van der Waals surface area contributed by atoms with Gasteiger partial charge in [0.15, 0.2) is 0 Å². The molecule has 0 aliphatic carbocycles. The molecule has 1 aromatic rings. The summed E-state index contributed by atoms with van der Waals surface area (Å²) in [6.45, 7) is 1.64. The smallest absolute Gasteiger partial charge is 0.220 e. The number of nitrogens with zero attached hydrogens (tertiary/aromatic N) is 1. The Labute approximate surface area is 110 Å². The van der Waals surface area contributed by atoms with Crippen molar-refractivity contribution >= 4 is 22.8 Å². The molecule has 4 nitrogen and oxygen atoms in total. The zero-order valence-electron chi connectivity index (χ0n) is 10.1. The van der Waals surface area contributed by atoms with Crippen LogP contribution in [0.5, 0.6) is 0 Å². The van der Waals surface area contributed by atoms with Crippen molar-refractivity contribution in [2.75, 3.05) is 0 Å². The van der Waals surface area contributed by atoms with E-state index in [1.807, 2.05) is 6.07 Å². The van der Waals surface area contributed by atoms with Gasteiger partial charge in [-0.15, -0.1) is 0 Å². The molecule has 5 heteroatoms. The standard InChI is InChI=1S/C13H14N2O2S/c1-13(9-14,8-7-11(15)16)18-12(17)10-5-3-2-4-6-10/h2-6H,7-8H2,1H3,(H2,15,16). The Balaban J connectivity index is 2.72. The third kappa shape index (κ3) is 4.22. The fraction of sp³-hybridized carbons (Fsp3) is 0.308. The van der Waals surface area contributed by atoms with Crippen molar-refractivity contribution in [3.05, 3.63) is 35.9 Å². The maximum Gasteiger partial charge on any atom is 0.220 e. The lowest BCUT2D eigenvalue weighted by molar-refractivity contribution is -0.118. The molecule has 0 spiro atoms. The van der Waals surface area contributed by atoms with E-state index in [2.05, 4.69) is 6.07 Å². The average molecular weight is 262 g/mol. The minimum Gasteiger partial charge on any atom is -0.370 e. The van der Waals surface area contributed by atoms with E-state index in [9.17, 15) is 9.59 Å². The third-order valence-corrected chi connectivity index (χ3v) is 3.58. The van der Waals surface area contributed by atoms with Gasteiger partial charge in [-0.25, -0.2) is 0 Å². The summed E-state index contributed by atoms with van der Waals surface area (Å²) in [7, 11) is 0. The molecule has 0 saturated carbocycles. The first-order valence-electron chi connectivity index (χ1n) is 5.45. The SMILES string of the molecule is CC(C#N)(CCC(N)=O)SC(=O)c1ccccc1. The first-order chi connectivity index (χ1) is 8.47. The van der Waals surface area contributed by atoms with E-state index in [4.69, 9.17) is 11.0 Å². The molecule has 0 aromatic heterocycles. The van der Waals surface area contributed by atoms with Gasteiger partial charge < -0.3 is 5.73 Å². The van der Waals surface area contributed by atoms with Crippen molar-refractivity contribution in [1.82, 2.24) is 0 Å². The lowest BCUT2D eigenvalue weighted by Gasteiger charge is -2.18. The number of hydrogen-bond donors (Lipinski definition) is 1. The topological polar surface area (TPSA) is 83.9 Å². The highest BCUT2D eigenvalue weighted by molar-refractivity contribution is 8.15. The fourth-order valence-corrected chi connectivity index (χ4v) is 2.24. The molecule has 2 N–H and O–H groups in total. The number of nitrogens with two attached hydrogens (primary N) is 1. The van der Waals surface area contributed by atoms with Gasteiger partial charge in [0.05, 0.1) is 6.07 Å². The van der Waals surface area contributed by atoms with Crippen LogP contribution in [0.4, 0.5) is 0 Å². The Bertz CT molecular complexity index is 482. The second kappa shape index (κ2) is 6.22. The van der Waals surface area contributed by atoms with Gasteiger partial charge in [-0.05, 0) is 13.3 Å². The fourth-order valence-electron chi connectivity index (χ4n) is 1.33. The van der Waals surface area contributed by atoms with Crippen LogP contribution in [-0.4, -0.2) is 15.8 Å². The number of carbonyl (C=O) groups is 2. The van der Waals surface area contributed by atoms with E-state index in [-0.39, 0.29) is 18.0 Å². The van der Waals surface area contributed by atoms with Gasteiger partial charge in [-0.3, -0.25) is 9.59 Å². The van der Waals surface area contributed by atoms with E-state index in [0.717, 1.165) is 11.8 Å². The molecule has 0 fully saturated rings. The molecular formula is C13H14N2O2S. The number of benzene rings is 1. The van der Waals surface area contributed by atoms with E-state index < -0.39 is 10.7 Å². The van der Waals surface area contributed by atoms with Crippen LogP contribution in [0, 0.1) is 11.3 Å². The van der Waals surface area contributed by atoms with Gasteiger partial charge in [-0.2, -0.15) is 5.26 Å². The molecule has 1 amide bonds. The Morgan fingerprint density at radius 3 is 2.50 bits per heavy atom. The summed E-state index contributed by atoms with van der Waals surface area (Å²) in [6.07, 6.45) is 0.362. The van der Waals surface area contributed by atoms with Crippen molar-refractivity contribution in [2.45, 2.75) is 24.5 Å². The first kappa shape index (κ1) is 14.3. The first-order valence-corrected chi connectivity index (χ1v) is 6.26. The molecule has 0 bridgehead atoms. The summed E-state index contributed by atoms with van der Waals surface area (Å²) in [5.41, 5.74) is 5.60. The Kier molecular flexibility index (Phi) is 4.93. The van der Waals surface area contributed by atoms with Crippen LogP contribution in [0.1, 0.15) is 30.1 Å². The molecule has 18 heavy (non-hydrogen) atoms. The molecule has 94 valence electrons. The maximum absolute atomic E-state index is 12.0. The zero-order chi connectivity index (χ0) is 13.6. The minimum atomic E-state index is -0.929. The zero-order valence-corrected chi connectivity index (χ0v) is 10.9. The minimum absolute atomic E-state index is 0.0964. The molecule has 0 saturated heterocycles. The normalized spacial score (nSPS) is 13.3.